The van der Waals surface area contributed by atoms with Crippen LogP contribution >= 0.6 is 0 Å². The Hall–Kier alpha value is -1.91. The topological polar surface area (TPSA) is 53.6 Å². The number of rotatable bonds is 6. The second kappa shape index (κ2) is 7.92. The molecular weight excluding hydrogens is 278 g/mol. The highest BCUT2D eigenvalue weighted by Crippen LogP contribution is 2.26. The Morgan fingerprint density at radius 3 is 3.05 bits per heavy atom. The van der Waals surface area contributed by atoms with Crippen molar-refractivity contribution in [3.63, 3.8) is 0 Å². The summed E-state index contributed by atoms with van der Waals surface area (Å²) >= 11 is 0. The number of urea groups is 1. The third kappa shape index (κ3) is 4.55. The average Bonchev–Trinajstić information content (AvgIpc) is 3.02. The first-order valence-electron chi connectivity index (χ1n) is 8.05. The van der Waals surface area contributed by atoms with E-state index in [1.807, 2.05) is 19.1 Å². The fourth-order valence-electron chi connectivity index (χ4n) is 2.65. The van der Waals surface area contributed by atoms with Gasteiger partial charge in [0.25, 0.3) is 0 Å². The SMILES string of the molecule is CC[C@@H](C)NC(=O)NC[C@H]1CCN(c2cccc(OC)c2)C1. The fourth-order valence-corrected chi connectivity index (χ4v) is 2.65. The zero-order valence-electron chi connectivity index (χ0n) is 13.8. The van der Waals surface area contributed by atoms with Gasteiger partial charge in [-0.2, -0.15) is 0 Å². The molecule has 5 heteroatoms. The molecule has 2 amide bonds. The number of hydrogen-bond acceptors (Lipinski definition) is 3. The lowest BCUT2D eigenvalue weighted by atomic mass is 10.1. The molecular formula is C17H27N3O2. The summed E-state index contributed by atoms with van der Waals surface area (Å²) in [4.78, 5) is 14.1. The molecule has 2 atom stereocenters. The molecule has 1 aliphatic rings. The molecule has 122 valence electrons. The van der Waals surface area contributed by atoms with Crippen LogP contribution in [0.15, 0.2) is 24.3 Å². The number of anilines is 1. The molecule has 2 N–H and O–H groups in total. The van der Waals surface area contributed by atoms with E-state index in [4.69, 9.17) is 4.74 Å². The van der Waals surface area contributed by atoms with Crippen LogP contribution in [0.3, 0.4) is 0 Å². The van der Waals surface area contributed by atoms with Crippen molar-refractivity contribution < 1.29 is 9.53 Å². The van der Waals surface area contributed by atoms with E-state index in [0.717, 1.165) is 38.2 Å². The number of carbonyl (C=O) groups excluding carboxylic acids is 1. The van der Waals surface area contributed by atoms with E-state index in [9.17, 15) is 4.79 Å². The molecule has 5 nitrogen and oxygen atoms in total. The Morgan fingerprint density at radius 2 is 2.32 bits per heavy atom. The number of amides is 2. The second-order valence-electron chi connectivity index (χ2n) is 5.97. The zero-order valence-corrected chi connectivity index (χ0v) is 13.8. The minimum atomic E-state index is -0.0609. The molecule has 0 saturated carbocycles. The first-order valence-corrected chi connectivity index (χ1v) is 8.05. The first-order chi connectivity index (χ1) is 10.6. The van der Waals surface area contributed by atoms with E-state index in [1.165, 1.54) is 5.69 Å². The maximum Gasteiger partial charge on any atom is 0.315 e. The molecule has 1 aliphatic heterocycles. The molecule has 1 fully saturated rings. The molecule has 1 aromatic rings. The molecule has 1 heterocycles. The predicted molar refractivity (Wildman–Crippen MR) is 89.6 cm³/mol. The predicted octanol–water partition coefficient (Wildman–Crippen LogP) is 2.62. The summed E-state index contributed by atoms with van der Waals surface area (Å²) in [5.74, 6) is 1.38. The van der Waals surface area contributed by atoms with Gasteiger partial charge in [-0.15, -0.1) is 0 Å². The molecule has 0 aliphatic carbocycles. The first kappa shape index (κ1) is 16.5. The largest absolute Gasteiger partial charge is 0.497 e. The van der Waals surface area contributed by atoms with Gasteiger partial charge in [-0.3, -0.25) is 0 Å². The number of methoxy groups -OCH3 is 1. The van der Waals surface area contributed by atoms with Crippen molar-refractivity contribution in [2.45, 2.75) is 32.7 Å². The fraction of sp³-hybridized carbons (Fsp3) is 0.588. The van der Waals surface area contributed by atoms with Gasteiger partial charge in [-0.05, 0) is 37.8 Å². The molecule has 0 bridgehead atoms. The van der Waals surface area contributed by atoms with Gasteiger partial charge in [-0.1, -0.05) is 13.0 Å². The Balaban J connectivity index is 1.79. The van der Waals surface area contributed by atoms with Gasteiger partial charge in [0.1, 0.15) is 5.75 Å². The maximum absolute atomic E-state index is 11.8. The third-order valence-electron chi connectivity index (χ3n) is 4.25. The summed E-state index contributed by atoms with van der Waals surface area (Å²) < 4.78 is 5.28. The lowest BCUT2D eigenvalue weighted by Crippen LogP contribution is -2.42. The van der Waals surface area contributed by atoms with Gasteiger partial charge in [0.05, 0.1) is 7.11 Å². The van der Waals surface area contributed by atoms with Crippen molar-refractivity contribution in [3.05, 3.63) is 24.3 Å². The van der Waals surface area contributed by atoms with Crippen LogP contribution in [0.25, 0.3) is 0 Å². The number of ether oxygens (including phenoxy) is 1. The molecule has 1 saturated heterocycles. The van der Waals surface area contributed by atoms with Crippen LogP contribution in [0.2, 0.25) is 0 Å². The third-order valence-corrected chi connectivity index (χ3v) is 4.25. The summed E-state index contributed by atoms with van der Waals surface area (Å²) in [5, 5.41) is 5.91. The van der Waals surface area contributed by atoms with Crippen molar-refractivity contribution in [1.82, 2.24) is 10.6 Å². The Labute approximate surface area is 133 Å². The van der Waals surface area contributed by atoms with Gasteiger partial charge >= 0.3 is 6.03 Å². The summed E-state index contributed by atoms with van der Waals surface area (Å²) in [6.45, 7) is 6.79. The zero-order chi connectivity index (χ0) is 15.9. The van der Waals surface area contributed by atoms with E-state index in [-0.39, 0.29) is 12.1 Å². The minimum Gasteiger partial charge on any atom is -0.497 e. The summed E-state index contributed by atoms with van der Waals surface area (Å²) in [7, 11) is 1.69. The lowest BCUT2D eigenvalue weighted by Gasteiger charge is -2.20. The molecule has 0 spiro atoms. The van der Waals surface area contributed by atoms with Crippen LogP contribution in [0.4, 0.5) is 10.5 Å². The highest BCUT2D eigenvalue weighted by Gasteiger charge is 2.23. The van der Waals surface area contributed by atoms with Gasteiger partial charge < -0.3 is 20.3 Å². The molecule has 1 aromatic carbocycles. The number of benzene rings is 1. The van der Waals surface area contributed by atoms with Crippen molar-refractivity contribution in [2.24, 2.45) is 5.92 Å². The van der Waals surface area contributed by atoms with E-state index in [1.54, 1.807) is 7.11 Å². The van der Waals surface area contributed by atoms with Crippen LogP contribution in [0.1, 0.15) is 26.7 Å². The quantitative estimate of drug-likeness (QED) is 0.849. The van der Waals surface area contributed by atoms with Gasteiger partial charge in [0.2, 0.25) is 0 Å². The van der Waals surface area contributed by atoms with Crippen molar-refractivity contribution in [2.75, 3.05) is 31.6 Å². The number of nitrogens with one attached hydrogen (secondary N) is 2. The van der Waals surface area contributed by atoms with Crippen molar-refractivity contribution >= 4 is 11.7 Å². The monoisotopic (exact) mass is 305 g/mol. The van der Waals surface area contributed by atoms with Crippen LogP contribution in [-0.2, 0) is 0 Å². The number of carbonyl (C=O) groups is 1. The maximum atomic E-state index is 11.8. The van der Waals surface area contributed by atoms with Gasteiger partial charge in [0, 0.05) is 37.4 Å². The van der Waals surface area contributed by atoms with Crippen LogP contribution in [0.5, 0.6) is 5.75 Å². The van der Waals surface area contributed by atoms with Crippen LogP contribution < -0.4 is 20.3 Å². The van der Waals surface area contributed by atoms with Gasteiger partial charge in [-0.25, -0.2) is 4.79 Å². The highest BCUT2D eigenvalue weighted by atomic mass is 16.5. The number of nitrogens with zero attached hydrogens (tertiary/aromatic N) is 1. The summed E-state index contributed by atoms with van der Waals surface area (Å²) in [6.07, 6.45) is 2.04. The Morgan fingerprint density at radius 1 is 1.50 bits per heavy atom. The Bertz CT molecular complexity index is 493. The smallest absolute Gasteiger partial charge is 0.315 e. The van der Waals surface area contributed by atoms with Crippen LogP contribution in [0, 0.1) is 5.92 Å². The lowest BCUT2D eigenvalue weighted by molar-refractivity contribution is 0.236. The standard InChI is InChI=1S/C17H27N3O2/c1-4-13(2)19-17(21)18-11-14-8-9-20(12-14)15-6-5-7-16(10-15)22-3/h5-7,10,13-14H,4,8-9,11-12H2,1-3H3,(H2,18,19,21)/t13-,14-/m1/s1. The van der Waals surface area contributed by atoms with E-state index in [0.29, 0.717) is 5.92 Å². The molecule has 22 heavy (non-hydrogen) atoms. The van der Waals surface area contributed by atoms with Crippen molar-refractivity contribution in [3.8, 4) is 5.75 Å². The normalized spacial score (nSPS) is 18.9. The average molecular weight is 305 g/mol. The molecule has 0 unspecified atom stereocenters. The Kier molecular flexibility index (Phi) is 5.92. The highest BCUT2D eigenvalue weighted by molar-refractivity contribution is 5.74. The number of hydrogen-bond donors (Lipinski definition) is 2. The van der Waals surface area contributed by atoms with E-state index in [2.05, 4.69) is 34.6 Å². The summed E-state index contributed by atoms with van der Waals surface area (Å²) in [6, 6.07) is 8.29. The van der Waals surface area contributed by atoms with Crippen LogP contribution in [-0.4, -0.2) is 38.8 Å². The molecule has 0 radical (unpaired) electrons. The second-order valence-corrected chi connectivity index (χ2v) is 5.97. The minimum absolute atomic E-state index is 0.0609. The molecule has 0 aromatic heterocycles. The van der Waals surface area contributed by atoms with E-state index < -0.39 is 0 Å². The summed E-state index contributed by atoms with van der Waals surface area (Å²) in [5.41, 5.74) is 1.19. The molecule has 2 rings (SSSR count). The van der Waals surface area contributed by atoms with Crippen molar-refractivity contribution in [1.29, 1.82) is 0 Å². The van der Waals surface area contributed by atoms with E-state index >= 15 is 0 Å². The van der Waals surface area contributed by atoms with Gasteiger partial charge in [0.15, 0.2) is 0 Å².